The number of nitrogens with one attached hydrogen (secondary N) is 1. The summed E-state index contributed by atoms with van der Waals surface area (Å²) in [6, 6.07) is 7.61. The first-order chi connectivity index (χ1) is 15.2. The molecule has 150 valence electrons. The largest absolute Gasteiger partial charge is 0.321 e. The van der Waals surface area contributed by atoms with Crippen molar-refractivity contribution in [1.29, 1.82) is 0 Å². The zero-order valence-electron chi connectivity index (χ0n) is 16.7. The first-order valence-corrected chi connectivity index (χ1v) is 9.69. The number of H-pyrrole nitrogens is 1. The summed E-state index contributed by atoms with van der Waals surface area (Å²) in [4.78, 5) is 16.4. The first kappa shape index (κ1) is 17.4. The third-order valence-corrected chi connectivity index (χ3v) is 5.13. The van der Waals surface area contributed by atoms with Gasteiger partial charge in [0.2, 0.25) is 0 Å². The van der Waals surface area contributed by atoms with E-state index in [4.69, 9.17) is 4.98 Å². The standard InChI is InChI=1S/C21H16N10/c1-12-16(20-24-18(28-30(20)26-12)14-5-3-7-22-10-14)9-17-13(2)27-31-21(17)25-19(29-31)15-6-4-8-23-11-15/h3-11H,1-2H3,(H,24,28)/b17-9-. The van der Waals surface area contributed by atoms with Gasteiger partial charge in [-0.05, 0) is 44.2 Å². The number of hydrogen-bond acceptors (Lipinski definition) is 7. The van der Waals surface area contributed by atoms with Crippen molar-refractivity contribution in [1.82, 2.24) is 49.6 Å². The molecule has 0 amide bonds. The minimum Gasteiger partial charge on any atom is -0.321 e. The summed E-state index contributed by atoms with van der Waals surface area (Å²) in [5.74, 6) is 1.29. The number of pyridine rings is 2. The quantitative estimate of drug-likeness (QED) is 0.475. The van der Waals surface area contributed by atoms with Gasteiger partial charge in [0.05, 0.1) is 11.4 Å². The van der Waals surface area contributed by atoms with Crippen LogP contribution in [0.4, 0.5) is 0 Å². The van der Waals surface area contributed by atoms with E-state index in [2.05, 4.69) is 35.3 Å². The van der Waals surface area contributed by atoms with Crippen LogP contribution >= 0.6 is 0 Å². The molecule has 0 fully saturated rings. The van der Waals surface area contributed by atoms with Gasteiger partial charge in [-0.15, -0.1) is 19.5 Å². The number of nitrogens with zero attached hydrogens (tertiary/aromatic N) is 9. The highest BCUT2D eigenvalue weighted by molar-refractivity contribution is 5.72. The van der Waals surface area contributed by atoms with Gasteiger partial charge in [-0.1, -0.05) is 0 Å². The Kier molecular flexibility index (Phi) is 3.66. The highest BCUT2D eigenvalue weighted by Crippen LogP contribution is 2.20. The Labute approximate surface area is 175 Å². The fraction of sp³-hybridized carbons (Fsp3) is 0.0952. The minimum atomic E-state index is 0.586. The lowest BCUT2D eigenvalue weighted by atomic mass is 10.2. The summed E-state index contributed by atoms with van der Waals surface area (Å²) in [6.45, 7) is 3.89. The molecule has 31 heavy (non-hydrogen) atoms. The van der Waals surface area contributed by atoms with E-state index in [0.717, 1.165) is 38.9 Å². The number of aromatic amines is 1. The van der Waals surface area contributed by atoms with Crippen molar-refractivity contribution >= 4 is 17.4 Å². The highest BCUT2D eigenvalue weighted by Gasteiger charge is 2.16. The van der Waals surface area contributed by atoms with Crippen molar-refractivity contribution in [3.63, 3.8) is 0 Å². The van der Waals surface area contributed by atoms with Gasteiger partial charge in [0, 0.05) is 46.7 Å². The molecule has 10 nitrogen and oxygen atoms in total. The zero-order chi connectivity index (χ0) is 20.9. The van der Waals surface area contributed by atoms with Gasteiger partial charge < -0.3 is 4.98 Å². The third-order valence-electron chi connectivity index (χ3n) is 5.13. The molecule has 10 heteroatoms. The maximum atomic E-state index is 4.70. The van der Waals surface area contributed by atoms with Crippen LogP contribution < -0.4 is 5.22 Å². The SMILES string of the molecule is Cc1nn2nc(-c3cccnc3)[nH]c2c1/C=c1/c(C)nn2nc(-c3cccnc3)nc12. The highest BCUT2D eigenvalue weighted by atomic mass is 15.5. The molecule has 0 aliphatic rings. The summed E-state index contributed by atoms with van der Waals surface area (Å²) < 4.78 is 3.17. The average molecular weight is 408 g/mol. The van der Waals surface area contributed by atoms with Crippen molar-refractivity contribution in [3.8, 4) is 22.8 Å². The lowest BCUT2D eigenvalue weighted by Crippen LogP contribution is -2.04. The Balaban J connectivity index is 1.53. The maximum Gasteiger partial charge on any atom is 0.185 e. The molecule has 0 aliphatic carbocycles. The van der Waals surface area contributed by atoms with E-state index < -0.39 is 0 Å². The molecule has 0 saturated heterocycles. The van der Waals surface area contributed by atoms with Crippen molar-refractivity contribution in [3.05, 3.63) is 71.2 Å². The Bertz CT molecular complexity index is 1590. The van der Waals surface area contributed by atoms with Crippen molar-refractivity contribution in [2.75, 3.05) is 0 Å². The van der Waals surface area contributed by atoms with Gasteiger partial charge in [-0.25, -0.2) is 4.98 Å². The fourth-order valence-corrected chi connectivity index (χ4v) is 3.58. The second kappa shape index (κ2) is 6.52. The Hall–Kier alpha value is -4.47. The van der Waals surface area contributed by atoms with E-state index in [1.165, 1.54) is 0 Å². The van der Waals surface area contributed by atoms with E-state index in [9.17, 15) is 0 Å². The summed E-state index contributed by atoms with van der Waals surface area (Å²) in [5.41, 5.74) is 5.82. The second-order valence-corrected chi connectivity index (χ2v) is 7.19. The van der Waals surface area contributed by atoms with Crippen molar-refractivity contribution in [2.24, 2.45) is 0 Å². The van der Waals surface area contributed by atoms with Gasteiger partial charge in [0.25, 0.3) is 0 Å². The van der Waals surface area contributed by atoms with E-state index in [1.54, 1.807) is 34.0 Å². The van der Waals surface area contributed by atoms with Gasteiger partial charge in [-0.3, -0.25) is 9.97 Å². The Morgan fingerprint density at radius 2 is 1.58 bits per heavy atom. The molecule has 6 rings (SSSR count). The van der Waals surface area contributed by atoms with Crippen LogP contribution in [0.5, 0.6) is 0 Å². The number of rotatable bonds is 3. The number of aryl methyl sites for hydroxylation is 2. The molecular formula is C21H16N10. The predicted octanol–water partition coefficient (Wildman–Crippen LogP) is 1.78. The van der Waals surface area contributed by atoms with E-state index >= 15 is 0 Å². The molecule has 0 atom stereocenters. The molecule has 0 aliphatic heterocycles. The molecule has 0 saturated carbocycles. The molecule has 6 aromatic rings. The van der Waals surface area contributed by atoms with Crippen LogP contribution in [0.1, 0.15) is 17.0 Å². The number of hydrogen-bond donors (Lipinski definition) is 1. The van der Waals surface area contributed by atoms with Gasteiger partial charge in [0.15, 0.2) is 22.9 Å². The number of fused-ring (bicyclic) bond motifs is 2. The summed E-state index contributed by atoms with van der Waals surface area (Å²) in [6.07, 6.45) is 8.98. The van der Waals surface area contributed by atoms with Crippen LogP contribution in [0.25, 0.3) is 40.1 Å². The zero-order valence-corrected chi connectivity index (χ0v) is 16.7. The monoisotopic (exact) mass is 408 g/mol. The molecule has 0 aromatic carbocycles. The van der Waals surface area contributed by atoms with E-state index in [1.807, 2.05) is 44.2 Å². The van der Waals surface area contributed by atoms with Crippen molar-refractivity contribution in [2.45, 2.75) is 13.8 Å². The summed E-state index contributed by atoms with van der Waals surface area (Å²) >= 11 is 0. The molecule has 6 aromatic heterocycles. The summed E-state index contributed by atoms with van der Waals surface area (Å²) in [5, 5.41) is 19.0. The Morgan fingerprint density at radius 1 is 0.839 bits per heavy atom. The normalized spacial score (nSPS) is 12.4. The van der Waals surface area contributed by atoms with E-state index in [0.29, 0.717) is 17.3 Å². The lowest BCUT2D eigenvalue weighted by molar-refractivity contribution is 0.810. The number of aromatic nitrogens is 10. The average Bonchev–Trinajstić information content (AvgIpc) is 3.52. The molecule has 0 spiro atoms. The molecule has 0 bridgehead atoms. The van der Waals surface area contributed by atoms with Crippen molar-refractivity contribution < 1.29 is 0 Å². The summed E-state index contributed by atoms with van der Waals surface area (Å²) in [7, 11) is 0. The van der Waals surface area contributed by atoms with E-state index in [-0.39, 0.29) is 0 Å². The van der Waals surface area contributed by atoms with Crippen LogP contribution in [0, 0.1) is 13.8 Å². The molecule has 1 N–H and O–H groups in total. The molecule has 0 unspecified atom stereocenters. The minimum absolute atomic E-state index is 0.586. The third kappa shape index (κ3) is 2.76. The maximum absolute atomic E-state index is 4.70. The molecule has 0 radical (unpaired) electrons. The lowest BCUT2D eigenvalue weighted by Gasteiger charge is -1.94. The van der Waals surface area contributed by atoms with Crippen LogP contribution in [-0.4, -0.2) is 49.6 Å². The van der Waals surface area contributed by atoms with Crippen LogP contribution in [-0.2, 0) is 0 Å². The smallest absolute Gasteiger partial charge is 0.185 e. The topological polar surface area (TPSA) is 115 Å². The van der Waals surface area contributed by atoms with Gasteiger partial charge in [0.1, 0.15) is 0 Å². The van der Waals surface area contributed by atoms with Crippen LogP contribution in [0.3, 0.4) is 0 Å². The fourth-order valence-electron chi connectivity index (χ4n) is 3.58. The predicted molar refractivity (Wildman–Crippen MR) is 113 cm³/mol. The Morgan fingerprint density at radius 3 is 2.32 bits per heavy atom. The molecule has 6 heterocycles. The van der Waals surface area contributed by atoms with Crippen LogP contribution in [0.15, 0.2) is 49.1 Å². The van der Waals surface area contributed by atoms with Gasteiger partial charge in [-0.2, -0.15) is 10.2 Å². The second-order valence-electron chi connectivity index (χ2n) is 7.19. The first-order valence-electron chi connectivity index (χ1n) is 9.69. The van der Waals surface area contributed by atoms with Gasteiger partial charge >= 0.3 is 0 Å². The molecular weight excluding hydrogens is 392 g/mol. The van der Waals surface area contributed by atoms with Crippen LogP contribution in [0.2, 0.25) is 0 Å².